The highest BCUT2D eigenvalue weighted by molar-refractivity contribution is 5.98. The molecule has 0 aliphatic carbocycles. The summed E-state index contributed by atoms with van der Waals surface area (Å²) in [5, 5.41) is 18.8. The van der Waals surface area contributed by atoms with E-state index in [1.807, 2.05) is 30.3 Å². The second kappa shape index (κ2) is 14.9. The highest BCUT2D eigenvalue weighted by atomic mass is 16.5. The first kappa shape index (κ1) is 26.0. The van der Waals surface area contributed by atoms with E-state index in [1.54, 1.807) is 44.2 Å². The molecular weight excluding hydrogens is 400 g/mol. The van der Waals surface area contributed by atoms with Crippen LogP contribution >= 0.6 is 0 Å². The SMILES string of the molecule is CCOC(=O)[C@H](O)CC(=O)c1ccccc1.CCOC(=O)[C@H](O)CCc1ccccc1. The third-order valence-electron chi connectivity index (χ3n) is 4.14. The standard InChI is InChI=1S/C12H14O4.C12H16O3/c1-2-16-12(15)11(14)8-10(13)9-6-4-3-5-7-9;1-2-15-12(14)11(13)9-8-10-6-4-3-5-7-10/h3-7,11,14H,2,8H2,1H3;3-7,11,13H,2,8-9H2,1H3/t2*11-/m11/s1. The van der Waals surface area contributed by atoms with Gasteiger partial charge in [-0.1, -0.05) is 60.7 Å². The van der Waals surface area contributed by atoms with Gasteiger partial charge in [0.05, 0.1) is 13.2 Å². The number of aliphatic hydroxyl groups excluding tert-OH is 2. The van der Waals surface area contributed by atoms with Crippen molar-refractivity contribution in [2.75, 3.05) is 13.2 Å². The van der Waals surface area contributed by atoms with Crippen LogP contribution in [0.2, 0.25) is 0 Å². The Balaban J connectivity index is 0.000000311. The molecule has 0 aliphatic rings. The minimum Gasteiger partial charge on any atom is -0.464 e. The van der Waals surface area contributed by atoms with Gasteiger partial charge in [0.15, 0.2) is 18.0 Å². The van der Waals surface area contributed by atoms with Crippen LogP contribution in [-0.2, 0) is 25.5 Å². The van der Waals surface area contributed by atoms with E-state index in [4.69, 9.17) is 4.74 Å². The number of benzene rings is 2. The molecule has 7 nitrogen and oxygen atoms in total. The molecule has 0 unspecified atom stereocenters. The summed E-state index contributed by atoms with van der Waals surface area (Å²) in [6, 6.07) is 18.3. The molecule has 0 spiro atoms. The van der Waals surface area contributed by atoms with Gasteiger partial charge < -0.3 is 19.7 Å². The lowest BCUT2D eigenvalue weighted by Gasteiger charge is -2.09. The van der Waals surface area contributed by atoms with Crippen LogP contribution in [0.15, 0.2) is 60.7 Å². The normalized spacial score (nSPS) is 12.0. The predicted molar refractivity (Wildman–Crippen MR) is 115 cm³/mol. The third-order valence-corrected chi connectivity index (χ3v) is 4.14. The van der Waals surface area contributed by atoms with Crippen LogP contribution in [0.25, 0.3) is 0 Å². The molecule has 0 saturated carbocycles. The summed E-state index contributed by atoms with van der Waals surface area (Å²) >= 11 is 0. The van der Waals surface area contributed by atoms with Gasteiger partial charge in [-0.3, -0.25) is 4.79 Å². The number of Topliss-reactive ketones (excluding diaryl/α,β-unsaturated/α-hetero) is 1. The van der Waals surface area contributed by atoms with E-state index in [2.05, 4.69) is 4.74 Å². The molecule has 0 radical (unpaired) electrons. The number of hydrogen-bond acceptors (Lipinski definition) is 7. The Morgan fingerprint density at radius 1 is 0.774 bits per heavy atom. The molecule has 2 aromatic carbocycles. The molecule has 0 bridgehead atoms. The monoisotopic (exact) mass is 430 g/mol. The second-order valence-corrected chi connectivity index (χ2v) is 6.55. The molecule has 2 atom stereocenters. The molecule has 0 fully saturated rings. The summed E-state index contributed by atoms with van der Waals surface area (Å²) in [6.07, 6.45) is -1.55. The lowest BCUT2D eigenvalue weighted by Crippen LogP contribution is -2.26. The number of carbonyl (C=O) groups excluding carboxylic acids is 3. The van der Waals surface area contributed by atoms with Crippen molar-refractivity contribution in [2.45, 2.75) is 45.3 Å². The molecule has 0 saturated heterocycles. The van der Waals surface area contributed by atoms with Gasteiger partial charge in [-0.25, -0.2) is 9.59 Å². The van der Waals surface area contributed by atoms with Crippen molar-refractivity contribution in [1.29, 1.82) is 0 Å². The van der Waals surface area contributed by atoms with E-state index in [0.29, 0.717) is 25.0 Å². The lowest BCUT2D eigenvalue weighted by atomic mass is 10.1. The zero-order chi connectivity index (χ0) is 23.1. The fourth-order valence-electron chi connectivity index (χ4n) is 2.54. The predicted octanol–water partition coefficient (Wildman–Crippen LogP) is 2.73. The summed E-state index contributed by atoms with van der Waals surface area (Å²) < 4.78 is 9.30. The maximum absolute atomic E-state index is 11.6. The number of esters is 2. The quantitative estimate of drug-likeness (QED) is 0.440. The number of rotatable bonds is 10. The Morgan fingerprint density at radius 2 is 1.26 bits per heavy atom. The van der Waals surface area contributed by atoms with E-state index >= 15 is 0 Å². The number of ketones is 1. The van der Waals surface area contributed by atoms with Crippen LogP contribution in [-0.4, -0.2) is 53.4 Å². The largest absolute Gasteiger partial charge is 0.464 e. The zero-order valence-corrected chi connectivity index (χ0v) is 17.9. The van der Waals surface area contributed by atoms with Crippen LogP contribution in [0.3, 0.4) is 0 Å². The Labute approximate surface area is 182 Å². The Hall–Kier alpha value is -3.03. The molecule has 0 amide bonds. The molecule has 0 heterocycles. The van der Waals surface area contributed by atoms with Crippen molar-refractivity contribution in [3.8, 4) is 0 Å². The van der Waals surface area contributed by atoms with Crippen LogP contribution < -0.4 is 0 Å². The molecule has 31 heavy (non-hydrogen) atoms. The van der Waals surface area contributed by atoms with Gasteiger partial charge in [-0.15, -0.1) is 0 Å². The lowest BCUT2D eigenvalue weighted by molar-refractivity contribution is -0.153. The molecular formula is C24H30O7. The summed E-state index contributed by atoms with van der Waals surface area (Å²) in [6.45, 7) is 3.86. The number of hydrogen-bond donors (Lipinski definition) is 2. The first-order valence-electron chi connectivity index (χ1n) is 10.2. The van der Waals surface area contributed by atoms with Gasteiger partial charge in [0, 0.05) is 12.0 Å². The number of ether oxygens (including phenoxy) is 2. The Morgan fingerprint density at radius 3 is 1.77 bits per heavy atom. The fourth-order valence-corrected chi connectivity index (χ4v) is 2.54. The summed E-state index contributed by atoms with van der Waals surface area (Å²) in [4.78, 5) is 33.8. The number of carbonyl (C=O) groups is 3. The maximum atomic E-state index is 11.6. The molecule has 0 aromatic heterocycles. The molecule has 2 rings (SSSR count). The van der Waals surface area contributed by atoms with Crippen LogP contribution in [0.4, 0.5) is 0 Å². The Kier molecular flexibility index (Phi) is 12.5. The van der Waals surface area contributed by atoms with Gasteiger partial charge in [0.1, 0.15) is 0 Å². The average Bonchev–Trinajstić information content (AvgIpc) is 2.79. The average molecular weight is 430 g/mol. The summed E-state index contributed by atoms with van der Waals surface area (Å²) in [5.74, 6) is -1.57. The molecule has 2 aromatic rings. The van der Waals surface area contributed by atoms with Crippen molar-refractivity contribution in [1.82, 2.24) is 0 Å². The van der Waals surface area contributed by atoms with Gasteiger partial charge >= 0.3 is 11.9 Å². The van der Waals surface area contributed by atoms with Crippen LogP contribution in [0.1, 0.15) is 42.6 Å². The number of aryl methyl sites for hydroxylation is 1. The van der Waals surface area contributed by atoms with Crippen LogP contribution in [0.5, 0.6) is 0 Å². The zero-order valence-electron chi connectivity index (χ0n) is 17.9. The molecule has 0 aliphatic heterocycles. The second-order valence-electron chi connectivity index (χ2n) is 6.55. The maximum Gasteiger partial charge on any atom is 0.335 e. The summed E-state index contributed by atoms with van der Waals surface area (Å²) in [7, 11) is 0. The van der Waals surface area contributed by atoms with Crippen molar-refractivity contribution < 1.29 is 34.1 Å². The minimum atomic E-state index is -1.38. The number of aliphatic hydroxyl groups is 2. The van der Waals surface area contributed by atoms with E-state index in [0.717, 1.165) is 5.56 Å². The van der Waals surface area contributed by atoms with Crippen molar-refractivity contribution in [2.24, 2.45) is 0 Å². The first-order valence-corrected chi connectivity index (χ1v) is 10.2. The molecule has 7 heteroatoms. The van der Waals surface area contributed by atoms with Crippen molar-refractivity contribution in [3.63, 3.8) is 0 Å². The van der Waals surface area contributed by atoms with E-state index in [1.165, 1.54) is 0 Å². The third kappa shape index (κ3) is 10.5. The Bertz CT molecular complexity index is 790. The fraction of sp³-hybridized carbons (Fsp3) is 0.375. The van der Waals surface area contributed by atoms with Gasteiger partial charge in [0.25, 0.3) is 0 Å². The van der Waals surface area contributed by atoms with Gasteiger partial charge in [-0.2, -0.15) is 0 Å². The van der Waals surface area contributed by atoms with Gasteiger partial charge in [0.2, 0.25) is 0 Å². The van der Waals surface area contributed by atoms with E-state index in [-0.39, 0.29) is 18.8 Å². The highest BCUT2D eigenvalue weighted by Gasteiger charge is 2.20. The smallest absolute Gasteiger partial charge is 0.335 e. The van der Waals surface area contributed by atoms with Crippen molar-refractivity contribution >= 4 is 17.7 Å². The molecule has 2 N–H and O–H groups in total. The first-order chi connectivity index (χ1) is 14.9. The molecule has 168 valence electrons. The minimum absolute atomic E-state index is 0.190. The summed E-state index contributed by atoms with van der Waals surface area (Å²) in [5.41, 5.74) is 1.59. The van der Waals surface area contributed by atoms with Gasteiger partial charge in [-0.05, 0) is 32.3 Å². The van der Waals surface area contributed by atoms with Crippen molar-refractivity contribution in [3.05, 3.63) is 71.8 Å². The van der Waals surface area contributed by atoms with E-state index < -0.39 is 24.1 Å². The van der Waals surface area contributed by atoms with E-state index in [9.17, 15) is 24.6 Å². The van der Waals surface area contributed by atoms with Crippen LogP contribution in [0, 0.1) is 0 Å². The topological polar surface area (TPSA) is 110 Å². The highest BCUT2D eigenvalue weighted by Crippen LogP contribution is 2.07.